The Labute approximate surface area is 161 Å². The normalized spacial score (nSPS) is 5.67. The zero-order valence-electron chi connectivity index (χ0n) is 7.87. The van der Waals surface area contributed by atoms with Gasteiger partial charge in [0.1, 0.15) is 0 Å². The van der Waals surface area contributed by atoms with Crippen molar-refractivity contribution in [3.63, 3.8) is 0 Å². The van der Waals surface area contributed by atoms with Crippen molar-refractivity contribution in [2.75, 3.05) is 0 Å². The van der Waals surface area contributed by atoms with Gasteiger partial charge in [-0.1, -0.05) is 0 Å². The van der Waals surface area contributed by atoms with Crippen LogP contribution in [-0.4, -0.2) is 71.2 Å². The van der Waals surface area contributed by atoms with E-state index in [2.05, 4.69) is 0 Å². The second-order valence-electron chi connectivity index (χ2n) is 1.03. The molecule has 12 nitrogen and oxygen atoms in total. The van der Waals surface area contributed by atoms with Crippen molar-refractivity contribution in [3.8, 4) is 0 Å². The van der Waals surface area contributed by atoms with Crippen molar-refractivity contribution >= 4 is 61.6 Å². The third-order valence-electron chi connectivity index (χ3n) is 0. The van der Waals surface area contributed by atoms with Crippen molar-refractivity contribution in [1.29, 1.82) is 0 Å². The predicted octanol–water partition coefficient (Wildman–Crippen LogP) is -9.87. The van der Waals surface area contributed by atoms with Gasteiger partial charge in [0.2, 0.25) is 0 Å². The molecule has 18 heavy (non-hydrogen) atoms. The molecule has 0 heterocycles. The molecular formula is H2Bi2O12SiTi3. The van der Waals surface area contributed by atoms with E-state index in [0.717, 1.165) is 0 Å². The second-order valence-corrected chi connectivity index (χ2v) is 3.94. The molecule has 0 unspecified atom stereocenters. The van der Waals surface area contributed by atoms with Gasteiger partial charge >= 0.3 is 150 Å². The van der Waals surface area contributed by atoms with Gasteiger partial charge in [0.05, 0.1) is 0 Å². The second kappa shape index (κ2) is 31.9. The van der Waals surface area contributed by atoms with Crippen molar-refractivity contribution in [2.24, 2.45) is 0 Å². The molecule has 0 amide bonds. The maximum atomic E-state index is 8.74. The Bertz CT molecular complexity index is 165. The summed E-state index contributed by atoms with van der Waals surface area (Å²) in [6, 6.07) is 0. The Kier molecular flexibility index (Phi) is 65.8. The van der Waals surface area contributed by atoms with Gasteiger partial charge in [0.15, 0.2) is 0 Å². The third-order valence-corrected chi connectivity index (χ3v) is 0. The molecule has 0 bridgehead atoms. The summed E-state index contributed by atoms with van der Waals surface area (Å²) in [5.74, 6) is 0. The van der Waals surface area contributed by atoms with Crippen LogP contribution in [0, 0.1) is 0 Å². The van der Waals surface area contributed by atoms with E-state index >= 15 is 0 Å². The van der Waals surface area contributed by atoms with E-state index in [1.165, 1.54) is 0 Å². The van der Waals surface area contributed by atoms with Crippen LogP contribution in [0.4, 0.5) is 0 Å². The first-order chi connectivity index (χ1) is 6.93. The van der Waals surface area contributed by atoms with Crippen molar-refractivity contribution < 1.29 is 102 Å². The summed E-state index contributed by atoms with van der Waals surface area (Å²) in [4.78, 5) is 14.3. The van der Waals surface area contributed by atoms with Crippen LogP contribution in [0.5, 0.6) is 0 Å². The van der Waals surface area contributed by atoms with Crippen LogP contribution in [0.3, 0.4) is 0 Å². The molecule has 0 aliphatic rings. The van der Waals surface area contributed by atoms with E-state index in [1.54, 1.807) is 0 Å². The summed E-state index contributed by atoms with van der Waals surface area (Å²) < 4.78 is 86.0. The fourth-order valence-electron chi connectivity index (χ4n) is 0. The van der Waals surface area contributed by atoms with E-state index in [4.69, 9.17) is 46.2 Å². The Balaban J connectivity index is -0.0000000257. The Morgan fingerprint density at radius 2 is 0.667 bits per heavy atom. The summed E-state index contributed by atoms with van der Waals surface area (Å²) in [7, 11) is -3.13. The summed E-state index contributed by atoms with van der Waals surface area (Å²) in [5.41, 5.74) is 0. The summed E-state index contributed by atoms with van der Waals surface area (Å²) in [5, 5.41) is 0. The van der Waals surface area contributed by atoms with Crippen LogP contribution in [0.2, 0.25) is 0 Å². The monoisotopic (exact) mass is 784 g/mol. The van der Waals surface area contributed by atoms with E-state index in [1.807, 2.05) is 0 Å². The zero-order chi connectivity index (χ0) is 14.3. The van der Waals surface area contributed by atoms with Crippen LogP contribution < -0.4 is 22.1 Å². The fourth-order valence-corrected chi connectivity index (χ4v) is 0. The molecule has 4 radical (unpaired) electrons. The summed E-state index contributed by atoms with van der Waals surface area (Å²) in [6.07, 6.45) is 0. The number of hydrogen-bond acceptors (Lipinski definition) is 10. The molecule has 2 N–H and O–H groups in total. The number of hydrogen-bond donors (Lipinski definition) is 2. The number of rotatable bonds is 0. The van der Waals surface area contributed by atoms with Gasteiger partial charge in [0, 0.05) is 0 Å². The summed E-state index contributed by atoms with van der Waals surface area (Å²) >= 11 is -12.2. The van der Waals surface area contributed by atoms with Crippen molar-refractivity contribution in [3.05, 3.63) is 0 Å². The molecule has 0 atom stereocenters. The standard InChI is InChI=1S/2Bi.H2O3Si.9O.3Ti/c;;1-4(2)3;;;;;;;;;;;;/h;;1-2H;;;;;;;;;;;;/q2*+3;;;;;6*-1;;;. The molecule has 0 aliphatic carbocycles. The Morgan fingerprint density at radius 1 is 0.667 bits per heavy atom. The van der Waals surface area contributed by atoms with Crippen LogP contribution >= 0.6 is 0 Å². The molecule has 0 fully saturated rings. The fraction of sp³-hybridized carbons (Fsp3) is 0. The molecule has 18 heteroatoms. The van der Waals surface area contributed by atoms with Gasteiger partial charge < -0.3 is 9.59 Å². The van der Waals surface area contributed by atoms with Gasteiger partial charge in [-0.15, -0.1) is 0 Å². The van der Waals surface area contributed by atoms with Crippen LogP contribution in [0.25, 0.3) is 0 Å². The molecule has 0 spiro atoms. The Morgan fingerprint density at radius 3 is 0.667 bits per heavy atom. The van der Waals surface area contributed by atoms with E-state index in [9.17, 15) is 0 Å². The van der Waals surface area contributed by atoms with E-state index in [0.29, 0.717) is 0 Å². The van der Waals surface area contributed by atoms with Crippen molar-refractivity contribution in [1.82, 2.24) is 0 Å². The molecule has 0 saturated carbocycles. The molecule has 0 rings (SSSR count). The zero-order valence-corrected chi connectivity index (χ0v) is 20.5. The predicted molar refractivity (Wildman–Crippen MR) is 24.4 cm³/mol. The van der Waals surface area contributed by atoms with Gasteiger partial charge in [-0.05, 0) is 0 Å². The van der Waals surface area contributed by atoms with E-state index in [-0.39, 0.29) is 52.4 Å². The molecule has 0 aliphatic heterocycles. The maximum absolute atomic E-state index is 8.74. The topological polar surface area (TPSA) is 247 Å². The quantitative estimate of drug-likeness (QED) is 0.218. The van der Waals surface area contributed by atoms with Crippen molar-refractivity contribution in [2.45, 2.75) is 0 Å². The van der Waals surface area contributed by atoms with Crippen LogP contribution in [-0.2, 0) is 70.3 Å². The van der Waals surface area contributed by atoms with Crippen LogP contribution in [0.15, 0.2) is 0 Å². The average Bonchev–Trinajstić information content (AvgIpc) is 1.76. The van der Waals surface area contributed by atoms with Gasteiger partial charge in [-0.2, -0.15) is 0 Å². The van der Waals surface area contributed by atoms with Gasteiger partial charge in [-0.3, -0.25) is 4.46 Å². The molecular weight excluding hydrogens is 782 g/mol. The first kappa shape index (κ1) is 37.2. The Hall–Kier alpha value is 2.69. The van der Waals surface area contributed by atoms with Crippen LogP contribution in [0.1, 0.15) is 0 Å². The first-order valence-corrected chi connectivity index (χ1v) is 9.53. The first-order valence-electron chi connectivity index (χ1n) is 2.49. The summed E-state index contributed by atoms with van der Waals surface area (Å²) in [6.45, 7) is 0. The SMILES string of the molecule is O=[Si](O)O.[Bi+3].[Bi+3].[O]=[Ti]([O-])[O-].[O]=[Ti]([O-])[O-].[O]=[Ti]([O-])[O-]. The minimum absolute atomic E-state index is 0. The molecule has 0 aromatic carbocycles. The average molecular weight is 784 g/mol. The molecule has 0 saturated heterocycles. The molecule has 0 aromatic rings. The molecule has 100 valence electrons. The molecule has 0 aromatic heterocycles. The third kappa shape index (κ3) is 810. The van der Waals surface area contributed by atoms with E-state index < -0.39 is 65.0 Å². The van der Waals surface area contributed by atoms with Gasteiger partial charge in [0.25, 0.3) is 0 Å². The van der Waals surface area contributed by atoms with Gasteiger partial charge in [-0.25, -0.2) is 0 Å². The minimum atomic E-state index is -4.08.